The first-order chi connectivity index (χ1) is 11.1. The van der Waals surface area contributed by atoms with E-state index in [-0.39, 0.29) is 28.8 Å². The van der Waals surface area contributed by atoms with Crippen LogP contribution in [0.2, 0.25) is 10.0 Å². The van der Waals surface area contributed by atoms with Gasteiger partial charge in [-0.25, -0.2) is 13.2 Å². The first-order valence-electron chi connectivity index (χ1n) is 7.28. The number of carboxylic acids is 1. The SMILES string of the molecule is CC(C)C(=O)N1C[C@H](S(=O)(=O)c2ccc(Cl)cc2Cl)C[C@H]1C(=O)O. The summed E-state index contributed by atoms with van der Waals surface area (Å²) in [5.41, 5.74) is 0. The number of amides is 1. The zero-order valence-corrected chi connectivity index (χ0v) is 15.4. The van der Waals surface area contributed by atoms with Crippen molar-refractivity contribution in [2.75, 3.05) is 6.54 Å². The highest BCUT2D eigenvalue weighted by Gasteiger charge is 2.46. The lowest BCUT2D eigenvalue weighted by Crippen LogP contribution is -2.42. The summed E-state index contributed by atoms with van der Waals surface area (Å²) in [6.07, 6.45) is -0.172. The fourth-order valence-corrected chi connectivity index (χ4v) is 5.19. The van der Waals surface area contributed by atoms with Crippen molar-refractivity contribution in [1.82, 2.24) is 4.90 Å². The third kappa shape index (κ3) is 3.53. The number of likely N-dealkylation sites (tertiary alicyclic amines) is 1. The molecule has 24 heavy (non-hydrogen) atoms. The predicted octanol–water partition coefficient (Wildman–Crippen LogP) is 2.48. The molecule has 2 rings (SSSR count). The molecule has 1 heterocycles. The van der Waals surface area contributed by atoms with Gasteiger partial charge in [0.25, 0.3) is 0 Å². The molecule has 2 atom stereocenters. The van der Waals surface area contributed by atoms with Crippen molar-refractivity contribution in [1.29, 1.82) is 0 Å². The van der Waals surface area contributed by atoms with Crippen molar-refractivity contribution < 1.29 is 23.1 Å². The number of carboxylic acid groups (broad SMARTS) is 1. The monoisotopic (exact) mass is 393 g/mol. The number of benzene rings is 1. The Balaban J connectivity index is 2.38. The van der Waals surface area contributed by atoms with Crippen molar-refractivity contribution in [2.45, 2.75) is 36.5 Å². The second-order valence-corrected chi connectivity index (χ2v) is 9.02. The standard InChI is InChI=1S/C15H17Cl2NO5S/c1-8(2)14(19)18-7-10(6-12(18)15(20)21)24(22,23)13-4-3-9(16)5-11(13)17/h3-5,8,10,12H,6-7H2,1-2H3,(H,20,21)/t10-,12+/m1/s1. The van der Waals surface area contributed by atoms with Crippen LogP contribution in [0.3, 0.4) is 0 Å². The van der Waals surface area contributed by atoms with E-state index in [0.717, 1.165) is 4.90 Å². The molecular weight excluding hydrogens is 377 g/mol. The van der Waals surface area contributed by atoms with E-state index in [0.29, 0.717) is 5.02 Å². The summed E-state index contributed by atoms with van der Waals surface area (Å²) in [4.78, 5) is 24.6. The Bertz CT molecular complexity index is 778. The van der Waals surface area contributed by atoms with Crippen molar-refractivity contribution in [3.05, 3.63) is 28.2 Å². The molecule has 0 bridgehead atoms. The molecule has 1 saturated heterocycles. The number of nitrogens with zero attached hydrogens (tertiary/aromatic N) is 1. The fraction of sp³-hybridized carbons (Fsp3) is 0.467. The lowest BCUT2D eigenvalue weighted by molar-refractivity contribution is -0.149. The van der Waals surface area contributed by atoms with Gasteiger partial charge in [0.15, 0.2) is 9.84 Å². The largest absolute Gasteiger partial charge is 0.480 e. The topological polar surface area (TPSA) is 91.8 Å². The van der Waals surface area contributed by atoms with Gasteiger partial charge in [-0.15, -0.1) is 0 Å². The molecule has 0 spiro atoms. The van der Waals surface area contributed by atoms with Gasteiger partial charge in [-0.3, -0.25) is 4.79 Å². The number of hydrogen-bond acceptors (Lipinski definition) is 4. The number of hydrogen-bond donors (Lipinski definition) is 1. The van der Waals surface area contributed by atoms with Crippen LogP contribution in [0.5, 0.6) is 0 Å². The maximum atomic E-state index is 12.8. The number of sulfone groups is 1. The molecule has 0 aromatic heterocycles. The molecule has 132 valence electrons. The van der Waals surface area contributed by atoms with Crippen molar-refractivity contribution in [3.8, 4) is 0 Å². The van der Waals surface area contributed by atoms with E-state index in [1.807, 2.05) is 0 Å². The van der Waals surface area contributed by atoms with E-state index in [1.165, 1.54) is 18.2 Å². The molecule has 9 heteroatoms. The van der Waals surface area contributed by atoms with Crippen molar-refractivity contribution in [3.63, 3.8) is 0 Å². The van der Waals surface area contributed by atoms with Crippen molar-refractivity contribution >= 4 is 44.9 Å². The minimum Gasteiger partial charge on any atom is -0.480 e. The average Bonchev–Trinajstić information content (AvgIpc) is 2.91. The van der Waals surface area contributed by atoms with Gasteiger partial charge in [0.05, 0.1) is 15.2 Å². The fourth-order valence-electron chi connectivity index (χ4n) is 2.72. The predicted molar refractivity (Wildman–Crippen MR) is 90.0 cm³/mol. The smallest absolute Gasteiger partial charge is 0.326 e. The van der Waals surface area contributed by atoms with Gasteiger partial charge in [-0.05, 0) is 24.6 Å². The highest BCUT2D eigenvalue weighted by atomic mass is 35.5. The van der Waals surface area contributed by atoms with Crippen molar-refractivity contribution in [2.24, 2.45) is 5.92 Å². The Labute approximate surface area is 150 Å². The second-order valence-electron chi connectivity index (χ2n) is 5.98. The molecule has 0 saturated carbocycles. The lowest BCUT2D eigenvalue weighted by Gasteiger charge is -2.23. The van der Waals surface area contributed by atoms with Gasteiger partial charge in [0, 0.05) is 17.5 Å². The van der Waals surface area contributed by atoms with Crippen LogP contribution >= 0.6 is 23.2 Å². The summed E-state index contributed by atoms with van der Waals surface area (Å²) in [5, 5.41) is 8.57. The van der Waals surface area contributed by atoms with Gasteiger partial charge in [-0.2, -0.15) is 0 Å². The lowest BCUT2D eigenvalue weighted by atomic mass is 10.1. The summed E-state index contributed by atoms with van der Waals surface area (Å²) < 4.78 is 25.6. The number of halogens is 2. The van der Waals surface area contributed by atoms with E-state index in [9.17, 15) is 23.1 Å². The van der Waals surface area contributed by atoms with Gasteiger partial charge in [-0.1, -0.05) is 37.0 Å². The zero-order valence-electron chi connectivity index (χ0n) is 13.1. The van der Waals surface area contributed by atoms with E-state index >= 15 is 0 Å². The highest BCUT2D eigenvalue weighted by molar-refractivity contribution is 7.92. The molecule has 1 aromatic rings. The molecular formula is C15H17Cl2NO5S. The maximum Gasteiger partial charge on any atom is 0.326 e. The average molecular weight is 394 g/mol. The summed E-state index contributed by atoms with van der Waals surface area (Å²) in [7, 11) is -3.89. The first kappa shape index (κ1) is 19.0. The van der Waals surface area contributed by atoms with Crippen LogP contribution in [0.25, 0.3) is 0 Å². The quantitative estimate of drug-likeness (QED) is 0.847. The van der Waals surface area contributed by atoms with E-state index in [4.69, 9.17) is 23.2 Å². The first-order valence-corrected chi connectivity index (χ1v) is 9.58. The Hall–Kier alpha value is -1.31. The van der Waals surface area contributed by atoms with Gasteiger partial charge < -0.3 is 10.0 Å². The molecule has 1 aliphatic heterocycles. The van der Waals surface area contributed by atoms with E-state index in [2.05, 4.69) is 0 Å². The summed E-state index contributed by atoms with van der Waals surface area (Å²) in [6.45, 7) is 3.10. The normalized spacial score (nSPS) is 21.3. The van der Waals surface area contributed by atoms with Crippen LogP contribution in [-0.4, -0.2) is 48.1 Å². The van der Waals surface area contributed by atoms with Gasteiger partial charge >= 0.3 is 5.97 Å². The van der Waals surface area contributed by atoms with Crippen LogP contribution in [-0.2, 0) is 19.4 Å². The third-order valence-electron chi connectivity index (χ3n) is 3.96. The number of aliphatic carboxylic acids is 1. The minimum absolute atomic E-state index is 0.0250. The zero-order chi connectivity index (χ0) is 18.2. The number of carbonyl (C=O) groups is 2. The van der Waals surface area contributed by atoms with Crippen LogP contribution < -0.4 is 0 Å². The number of rotatable bonds is 4. The van der Waals surface area contributed by atoms with E-state index in [1.54, 1.807) is 13.8 Å². The van der Waals surface area contributed by atoms with Crippen LogP contribution in [0.15, 0.2) is 23.1 Å². The Morgan fingerprint density at radius 1 is 1.29 bits per heavy atom. The molecule has 0 aliphatic carbocycles. The maximum absolute atomic E-state index is 12.8. The molecule has 1 N–H and O–H groups in total. The molecule has 1 aliphatic rings. The summed E-state index contributed by atoms with van der Waals surface area (Å²) in [5.74, 6) is -2.03. The second kappa shape index (κ2) is 6.90. The molecule has 1 fully saturated rings. The molecule has 6 nitrogen and oxygen atoms in total. The van der Waals surface area contributed by atoms with Crippen LogP contribution in [0.1, 0.15) is 20.3 Å². The summed E-state index contributed by atoms with van der Waals surface area (Å²) in [6, 6.07) is 2.85. The van der Waals surface area contributed by atoms with Crippen LogP contribution in [0.4, 0.5) is 0 Å². The van der Waals surface area contributed by atoms with Gasteiger partial charge in [0.1, 0.15) is 6.04 Å². The molecule has 1 aromatic carbocycles. The summed E-state index contributed by atoms with van der Waals surface area (Å²) >= 11 is 11.8. The van der Waals surface area contributed by atoms with Crippen LogP contribution in [0, 0.1) is 5.92 Å². The van der Waals surface area contributed by atoms with E-state index < -0.39 is 33.0 Å². The highest BCUT2D eigenvalue weighted by Crippen LogP contribution is 2.33. The Morgan fingerprint density at radius 2 is 1.92 bits per heavy atom. The van der Waals surface area contributed by atoms with Gasteiger partial charge in [0.2, 0.25) is 5.91 Å². The Morgan fingerprint density at radius 3 is 2.42 bits per heavy atom. The third-order valence-corrected chi connectivity index (χ3v) is 6.81. The molecule has 0 radical (unpaired) electrons. The Kier molecular flexibility index (Phi) is 5.47. The minimum atomic E-state index is -3.89. The molecule has 1 amide bonds. The molecule has 0 unspecified atom stereocenters. The number of carbonyl (C=O) groups excluding carboxylic acids is 1.